The van der Waals surface area contributed by atoms with Crippen molar-refractivity contribution in [3.63, 3.8) is 0 Å². The van der Waals surface area contributed by atoms with Gasteiger partial charge >= 0.3 is 0 Å². The Kier molecular flexibility index (Phi) is 2.27. The van der Waals surface area contributed by atoms with Crippen LogP contribution in [-0.2, 0) is 13.0 Å². The van der Waals surface area contributed by atoms with Crippen LogP contribution < -0.4 is 5.32 Å². The summed E-state index contributed by atoms with van der Waals surface area (Å²) in [7, 11) is 0. The number of benzene rings is 1. The van der Waals surface area contributed by atoms with Gasteiger partial charge in [0, 0.05) is 35.2 Å². The first-order chi connectivity index (χ1) is 8.77. The standard InChI is InChI=1S/C15H17ClN2/c1-9-12(16)6-5-11-10-3-2-4-13-15(10)18(14(9)11)8-7-17-13/h5-6,13,17H,2-4,7-8H2,1H3. The maximum Gasteiger partial charge on any atom is 0.0531 e. The minimum absolute atomic E-state index is 0.563. The van der Waals surface area contributed by atoms with Crippen LogP contribution in [0.3, 0.4) is 0 Å². The third-order valence-electron chi connectivity index (χ3n) is 4.54. The summed E-state index contributed by atoms with van der Waals surface area (Å²) < 4.78 is 2.52. The van der Waals surface area contributed by atoms with E-state index in [4.69, 9.17) is 11.6 Å². The summed E-state index contributed by atoms with van der Waals surface area (Å²) >= 11 is 6.31. The van der Waals surface area contributed by atoms with Crippen molar-refractivity contribution in [1.29, 1.82) is 0 Å². The highest BCUT2D eigenvalue weighted by Gasteiger charge is 2.30. The first-order valence-electron chi connectivity index (χ1n) is 6.81. The molecule has 0 spiro atoms. The Balaban J connectivity index is 2.15. The van der Waals surface area contributed by atoms with E-state index in [9.17, 15) is 0 Å². The first-order valence-corrected chi connectivity index (χ1v) is 7.18. The summed E-state index contributed by atoms with van der Waals surface area (Å²) in [6, 6.07) is 4.83. The van der Waals surface area contributed by atoms with Gasteiger partial charge in [-0.1, -0.05) is 17.7 Å². The quantitative estimate of drug-likeness (QED) is 0.766. The lowest BCUT2D eigenvalue weighted by Gasteiger charge is -2.31. The van der Waals surface area contributed by atoms with Gasteiger partial charge < -0.3 is 9.88 Å². The lowest BCUT2D eigenvalue weighted by Crippen LogP contribution is -2.35. The van der Waals surface area contributed by atoms with E-state index in [1.807, 2.05) is 0 Å². The van der Waals surface area contributed by atoms with Crippen molar-refractivity contribution >= 4 is 22.5 Å². The highest BCUT2D eigenvalue weighted by molar-refractivity contribution is 6.32. The molecule has 0 fully saturated rings. The van der Waals surface area contributed by atoms with Crippen molar-refractivity contribution in [3.05, 3.63) is 34.0 Å². The molecule has 1 N–H and O–H groups in total. The highest BCUT2D eigenvalue weighted by atomic mass is 35.5. The summed E-state index contributed by atoms with van der Waals surface area (Å²) in [5, 5.41) is 5.98. The Morgan fingerprint density at radius 3 is 3.17 bits per heavy atom. The van der Waals surface area contributed by atoms with Crippen LogP contribution in [0.1, 0.15) is 35.7 Å². The van der Waals surface area contributed by atoms with Crippen molar-refractivity contribution < 1.29 is 0 Å². The number of aromatic nitrogens is 1. The second kappa shape index (κ2) is 3.75. The zero-order chi connectivity index (χ0) is 12.3. The van der Waals surface area contributed by atoms with Gasteiger partial charge in [-0.3, -0.25) is 0 Å². The van der Waals surface area contributed by atoms with Crippen LogP contribution in [0.15, 0.2) is 12.1 Å². The maximum absolute atomic E-state index is 6.31. The first kappa shape index (κ1) is 10.9. The molecule has 1 aromatic carbocycles. The third kappa shape index (κ3) is 1.28. The fraction of sp³-hybridized carbons (Fsp3) is 0.467. The molecule has 0 radical (unpaired) electrons. The molecule has 1 aromatic heterocycles. The minimum atomic E-state index is 0.563. The maximum atomic E-state index is 6.31. The molecule has 1 unspecified atom stereocenters. The van der Waals surface area contributed by atoms with Gasteiger partial charge in [-0.05, 0) is 43.4 Å². The van der Waals surface area contributed by atoms with Crippen molar-refractivity contribution in [2.24, 2.45) is 0 Å². The number of rotatable bonds is 0. The second-order valence-corrected chi connectivity index (χ2v) is 5.89. The zero-order valence-electron chi connectivity index (χ0n) is 10.6. The number of nitrogens with zero attached hydrogens (tertiary/aromatic N) is 1. The van der Waals surface area contributed by atoms with Gasteiger partial charge in [-0.25, -0.2) is 0 Å². The predicted octanol–water partition coefficient (Wildman–Crippen LogP) is 3.58. The topological polar surface area (TPSA) is 17.0 Å². The molecule has 2 nitrogen and oxygen atoms in total. The molecule has 1 atom stereocenters. The van der Waals surface area contributed by atoms with Gasteiger partial charge in [-0.15, -0.1) is 0 Å². The van der Waals surface area contributed by atoms with Crippen LogP contribution in [0.4, 0.5) is 0 Å². The van der Waals surface area contributed by atoms with Crippen molar-refractivity contribution in [3.8, 4) is 0 Å². The Labute approximate surface area is 112 Å². The predicted molar refractivity (Wildman–Crippen MR) is 75.4 cm³/mol. The number of aryl methyl sites for hydroxylation is 2. The number of fused-ring (bicyclic) bond motifs is 3. The van der Waals surface area contributed by atoms with Gasteiger partial charge in [0.05, 0.1) is 5.52 Å². The molecule has 1 aliphatic carbocycles. The molecule has 2 aromatic rings. The summed E-state index contributed by atoms with van der Waals surface area (Å²) in [4.78, 5) is 0. The SMILES string of the molecule is Cc1c(Cl)ccc2c3c4n(c12)CCNC4CCC3. The number of hydrogen-bond acceptors (Lipinski definition) is 1. The van der Waals surface area contributed by atoms with Crippen molar-refractivity contribution in [1.82, 2.24) is 9.88 Å². The van der Waals surface area contributed by atoms with E-state index in [2.05, 4.69) is 28.9 Å². The molecular formula is C15H17ClN2. The zero-order valence-corrected chi connectivity index (χ0v) is 11.3. The van der Waals surface area contributed by atoms with Crippen molar-refractivity contribution in [2.45, 2.75) is 38.8 Å². The molecule has 0 bridgehead atoms. The van der Waals surface area contributed by atoms with E-state index in [-0.39, 0.29) is 0 Å². The van der Waals surface area contributed by atoms with Crippen LogP contribution in [0, 0.1) is 6.92 Å². The molecule has 3 heteroatoms. The van der Waals surface area contributed by atoms with Crippen LogP contribution in [-0.4, -0.2) is 11.1 Å². The molecule has 94 valence electrons. The van der Waals surface area contributed by atoms with E-state index >= 15 is 0 Å². The third-order valence-corrected chi connectivity index (χ3v) is 4.95. The lowest BCUT2D eigenvalue weighted by atomic mass is 9.91. The Bertz CT molecular complexity index is 640. The monoisotopic (exact) mass is 260 g/mol. The Morgan fingerprint density at radius 1 is 1.39 bits per heavy atom. The molecule has 2 aliphatic rings. The molecule has 18 heavy (non-hydrogen) atoms. The van der Waals surface area contributed by atoms with Crippen LogP contribution in [0.2, 0.25) is 5.02 Å². The van der Waals surface area contributed by atoms with E-state index in [1.165, 1.54) is 41.4 Å². The largest absolute Gasteiger partial charge is 0.341 e. The molecular weight excluding hydrogens is 244 g/mol. The van der Waals surface area contributed by atoms with Crippen LogP contribution >= 0.6 is 11.6 Å². The van der Waals surface area contributed by atoms with Gasteiger partial charge in [0.2, 0.25) is 0 Å². The van der Waals surface area contributed by atoms with E-state index in [1.54, 1.807) is 5.56 Å². The van der Waals surface area contributed by atoms with Gasteiger partial charge in [-0.2, -0.15) is 0 Å². The van der Waals surface area contributed by atoms with Gasteiger partial charge in [0.15, 0.2) is 0 Å². The smallest absolute Gasteiger partial charge is 0.0531 e. The van der Waals surface area contributed by atoms with Gasteiger partial charge in [0.1, 0.15) is 0 Å². The summed E-state index contributed by atoms with van der Waals surface area (Å²) in [5.74, 6) is 0. The second-order valence-electron chi connectivity index (χ2n) is 5.48. The fourth-order valence-corrected chi connectivity index (χ4v) is 3.90. The molecule has 0 saturated heterocycles. The average molecular weight is 261 g/mol. The van der Waals surface area contributed by atoms with Gasteiger partial charge in [0.25, 0.3) is 0 Å². The van der Waals surface area contributed by atoms with E-state index < -0.39 is 0 Å². The lowest BCUT2D eigenvalue weighted by molar-refractivity contribution is 0.384. The summed E-state index contributed by atoms with van der Waals surface area (Å²) in [6.45, 7) is 4.30. The molecule has 0 amide bonds. The minimum Gasteiger partial charge on any atom is -0.341 e. The number of hydrogen-bond donors (Lipinski definition) is 1. The molecule has 2 heterocycles. The summed E-state index contributed by atoms with van der Waals surface area (Å²) in [5.41, 5.74) is 5.71. The molecule has 0 saturated carbocycles. The van der Waals surface area contributed by atoms with E-state index in [0.717, 1.165) is 18.1 Å². The number of nitrogens with one attached hydrogen (secondary N) is 1. The van der Waals surface area contributed by atoms with Crippen molar-refractivity contribution in [2.75, 3.05) is 6.54 Å². The Hall–Kier alpha value is -0.990. The number of halogens is 1. The fourth-order valence-electron chi connectivity index (χ4n) is 3.75. The van der Waals surface area contributed by atoms with E-state index in [0.29, 0.717) is 6.04 Å². The normalized spacial score (nSPS) is 22.2. The molecule has 4 rings (SSSR count). The Morgan fingerprint density at radius 2 is 2.28 bits per heavy atom. The molecule has 1 aliphatic heterocycles. The van der Waals surface area contributed by atoms with Crippen LogP contribution in [0.25, 0.3) is 10.9 Å². The summed E-state index contributed by atoms with van der Waals surface area (Å²) in [6.07, 6.45) is 3.79. The van der Waals surface area contributed by atoms with Crippen LogP contribution in [0.5, 0.6) is 0 Å². The average Bonchev–Trinajstić information content (AvgIpc) is 2.72. The highest BCUT2D eigenvalue weighted by Crippen LogP contribution is 2.41.